The molecule has 13 heavy (non-hydrogen) atoms. The van der Waals surface area contributed by atoms with Crippen LogP contribution in [0.2, 0.25) is 0 Å². The highest BCUT2D eigenvalue weighted by molar-refractivity contribution is 5.19. The van der Waals surface area contributed by atoms with Gasteiger partial charge < -0.3 is 10.8 Å². The molecule has 2 rings (SSSR count). The van der Waals surface area contributed by atoms with Crippen molar-refractivity contribution in [1.82, 2.24) is 15.0 Å². The third-order valence-electron chi connectivity index (χ3n) is 2.65. The van der Waals surface area contributed by atoms with Crippen LogP contribution < -0.4 is 5.73 Å². The molecule has 3 N–H and O–H groups in total. The van der Waals surface area contributed by atoms with Gasteiger partial charge in [0.15, 0.2) is 5.82 Å². The molecule has 0 bridgehead atoms. The number of anilines is 1. The molecule has 1 aromatic heterocycles. The van der Waals surface area contributed by atoms with Gasteiger partial charge >= 0.3 is 0 Å². The number of nitrogens with two attached hydrogens (primary N) is 1. The Balaban J connectivity index is 1.85. The fourth-order valence-electron chi connectivity index (χ4n) is 1.58. The van der Waals surface area contributed by atoms with Gasteiger partial charge in [0.1, 0.15) is 0 Å². The van der Waals surface area contributed by atoms with Gasteiger partial charge in [-0.2, -0.15) is 0 Å². The minimum absolute atomic E-state index is 0.431. The number of nitrogens with zero attached hydrogens (tertiary/aromatic N) is 3. The average molecular weight is 182 g/mol. The topological polar surface area (TPSA) is 77.0 Å². The molecule has 1 aromatic rings. The first-order chi connectivity index (χ1) is 6.18. The minimum Gasteiger partial charge on any atom is -0.390 e. The van der Waals surface area contributed by atoms with Crippen LogP contribution >= 0.6 is 0 Å². The molecule has 1 aliphatic rings. The standard InChI is InChI=1S/C8H14N4O/c9-7-6-12(11-10-7)5-4-8(13)2-1-3-8/h6,13H,1-5,9H2. The van der Waals surface area contributed by atoms with Gasteiger partial charge in [0.2, 0.25) is 0 Å². The zero-order chi connectivity index (χ0) is 9.31. The van der Waals surface area contributed by atoms with Crippen molar-refractivity contribution in [2.75, 3.05) is 5.73 Å². The van der Waals surface area contributed by atoms with E-state index in [0.717, 1.165) is 25.7 Å². The lowest BCUT2D eigenvalue weighted by atomic mass is 9.78. The summed E-state index contributed by atoms with van der Waals surface area (Å²) < 4.78 is 1.67. The fourth-order valence-corrected chi connectivity index (χ4v) is 1.58. The van der Waals surface area contributed by atoms with Crippen molar-refractivity contribution >= 4 is 5.82 Å². The number of hydrogen-bond donors (Lipinski definition) is 2. The molecule has 5 nitrogen and oxygen atoms in total. The van der Waals surface area contributed by atoms with E-state index in [-0.39, 0.29) is 0 Å². The van der Waals surface area contributed by atoms with Crippen molar-refractivity contribution in [3.05, 3.63) is 6.20 Å². The number of aryl methyl sites for hydroxylation is 1. The zero-order valence-electron chi connectivity index (χ0n) is 7.48. The van der Waals surface area contributed by atoms with Gasteiger partial charge in [0.05, 0.1) is 11.8 Å². The summed E-state index contributed by atoms with van der Waals surface area (Å²) in [5.74, 6) is 0.431. The van der Waals surface area contributed by atoms with Gasteiger partial charge in [0, 0.05) is 6.54 Å². The second-order valence-corrected chi connectivity index (χ2v) is 3.73. The van der Waals surface area contributed by atoms with Crippen LogP contribution in [-0.4, -0.2) is 25.7 Å². The summed E-state index contributed by atoms with van der Waals surface area (Å²) in [5, 5.41) is 17.3. The molecule has 0 aliphatic heterocycles. The van der Waals surface area contributed by atoms with Crippen LogP contribution in [0.5, 0.6) is 0 Å². The molecule has 0 aromatic carbocycles. The lowest BCUT2D eigenvalue weighted by molar-refractivity contribution is -0.0439. The molecule has 72 valence electrons. The summed E-state index contributed by atoms with van der Waals surface area (Å²) in [4.78, 5) is 0. The van der Waals surface area contributed by atoms with Crippen molar-refractivity contribution in [2.45, 2.75) is 37.8 Å². The second-order valence-electron chi connectivity index (χ2n) is 3.73. The maximum absolute atomic E-state index is 9.79. The quantitative estimate of drug-likeness (QED) is 0.698. The number of hydrogen-bond acceptors (Lipinski definition) is 4. The molecule has 0 radical (unpaired) electrons. The Labute approximate surface area is 76.5 Å². The number of aliphatic hydroxyl groups is 1. The first-order valence-corrected chi connectivity index (χ1v) is 4.56. The van der Waals surface area contributed by atoms with Crippen LogP contribution in [0.4, 0.5) is 5.82 Å². The van der Waals surface area contributed by atoms with Crippen LogP contribution in [0.15, 0.2) is 6.20 Å². The van der Waals surface area contributed by atoms with Gasteiger partial charge in [0.25, 0.3) is 0 Å². The summed E-state index contributed by atoms with van der Waals surface area (Å²) in [7, 11) is 0. The molecule has 1 aliphatic carbocycles. The van der Waals surface area contributed by atoms with Crippen LogP contribution in [0.3, 0.4) is 0 Å². The predicted octanol–water partition coefficient (Wildman–Crippen LogP) is 0.165. The second kappa shape index (κ2) is 2.99. The van der Waals surface area contributed by atoms with E-state index >= 15 is 0 Å². The summed E-state index contributed by atoms with van der Waals surface area (Å²) in [6.07, 6.45) is 5.39. The molecular weight excluding hydrogens is 168 g/mol. The highest BCUT2D eigenvalue weighted by atomic mass is 16.3. The molecule has 1 fully saturated rings. The van der Waals surface area contributed by atoms with Crippen LogP contribution in [0, 0.1) is 0 Å². The SMILES string of the molecule is Nc1cn(CCC2(O)CCC2)nn1. The molecule has 5 heteroatoms. The Kier molecular flexibility index (Phi) is 1.95. The van der Waals surface area contributed by atoms with Crippen molar-refractivity contribution in [2.24, 2.45) is 0 Å². The fraction of sp³-hybridized carbons (Fsp3) is 0.750. The van der Waals surface area contributed by atoms with Gasteiger partial charge in [-0.3, -0.25) is 4.68 Å². The monoisotopic (exact) mass is 182 g/mol. The van der Waals surface area contributed by atoms with Gasteiger partial charge in [-0.25, -0.2) is 0 Å². The van der Waals surface area contributed by atoms with E-state index in [1.165, 1.54) is 0 Å². The number of rotatable bonds is 3. The van der Waals surface area contributed by atoms with Gasteiger partial charge in [-0.15, -0.1) is 5.10 Å². The first kappa shape index (κ1) is 8.50. The lowest BCUT2D eigenvalue weighted by Crippen LogP contribution is -2.37. The van der Waals surface area contributed by atoms with Crippen molar-refractivity contribution in [3.8, 4) is 0 Å². The van der Waals surface area contributed by atoms with Crippen LogP contribution in [0.25, 0.3) is 0 Å². The van der Waals surface area contributed by atoms with E-state index in [4.69, 9.17) is 5.73 Å². The average Bonchev–Trinajstić information content (AvgIpc) is 2.44. The van der Waals surface area contributed by atoms with Crippen molar-refractivity contribution in [1.29, 1.82) is 0 Å². The van der Waals surface area contributed by atoms with Crippen LogP contribution in [0.1, 0.15) is 25.7 Å². The molecular formula is C8H14N4O. The Hall–Kier alpha value is -1.10. The summed E-state index contributed by atoms with van der Waals surface area (Å²) in [5.41, 5.74) is 4.96. The van der Waals surface area contributed by atoms with Crippen LogP contribution in [-0.2, 0) is 6.54 Å². The summed E-state index contributed by atoms with van der Waals surface area (Å²) >= 11 is 0. The van der Waals surface area contributed by atoms with E-state index in [1.54, 1.807) is 10.9 Å². The third kappa shape index (κ3) is 1.80. The van der Waals surface area contributed by atoms with E-state index in [0.29, 0.717) is 12.4 Å². The first-order valence-electron chi connectivity index (χ1n) is 4.56. The molecule has 0 saturated heterocycles. The highest BCUT2D eigenvalue weighted by Crippen LogP contribution is 2.34. The van der Waals surface area contributed by atoms with Crippen molar-refractivity contribution in [3.63, 3.8) is 0 Å². The van der Waals surface area contributed by atoms with E-state index in [1.807, 2.05) is 0 Å². The van der Waals surface area contributed by atoms with E-state index in [2.05, 4.69) is 10.3 Å². The molecule has 0 amide bonds. The molecule has 0 atom stereocenters. The maximum atomic E-state index is 9.79. The lowest BCUT2D eigenvalue weighted by Gasteiger charge is -2.36. The molecule has 1 saturated carbocycles. The summed E-state index contributed by atoms with van der Waals surface area (Å²) in [6, 6.07) is 0. The van der Waals surface area contributed by atoms with E-state index in [9.17, 15) is 5.11 Å². The zero-order valence-corrected chi connectivity index (χ0v) is 7.48. The molecule has 0 unspecified atom stereocenters. The number of aromatic nitrogens is 3. The summed E-state index contributed by atoms with van der Waals surface area (Å²) in [6.45, 7) is 0.695. The maximum Gasteiger partial charge on any atom is 0.165 e. The molecule has 1 heterocycles. The van der Waals surface area contributed by atoms with Crippen molar-refractivity contribution < 1.29 is 5.11 Å². The minimum atomic E-state index is -0.444. The Morgan fingerprint density at radius 3 is 2.85 bits per heavy atom. The smallest absolute Gasteiger partial charge is 0.165 e. The Bertz CT molecular complexity index is 292. The predicted molar refractivity (Wildman–Crippen MR) is 47.9 cm³/mol. The Morgan fingerprint density at radius 2 is 2.38 bits per heavy atom. The van der Waals surface area contributed by atoms with Gasteiger partial charge in [-0.1, -0.05) is 5.21 Å². The third-order valence-corrected chi connectivity index (χ3v) is 2.65. The highest BCUT2D eigenvalue weighted by Gasteiger charge is 2.33. The Morgan fingerprint density at radius 1 is 1.62 bits per heavy atom. The van der Waals surface area contributed by atoms with Gasteiger partial charge in [-0.05, 0) is 25.7 Å². The number of nitrogen functional groups attached to an aromatic ring is 1. The molecule has 0 spiro atoms. The normalized spacial score (nSPS) is 19.8. The largest absolute Gasteiger partial charge is 0.390 e. The van der Waals surface area contributed by atoms with E-state index < -0.39 is 5.60 Å².